The normalized spacial score (nSPS) is 11.7. The van der Waals surface area contributed by atoms with E-state index in [9.17, 15) is 0 Å². The summed E-state index contributed by atoms with van der Waals surface area (Å²) in [5.41, 5.74) is 34.9. The average Bonchev–Trinajstić information content (AvgIpc) is 1.54. The summed E-state index contributed by atoms with van der Waals surface area (Å²) in [7, 11) is 0. The molecule has 8 heterocycles. The van der Waals surface area contributed by atoms with Crippen LogP contribution in [0.2, 0.25) is 0 Å². The monoisotopic (exact) mass is 1910 g/mol. The molecule has 0 saturated heterocycles. The lowest BCUT2D eigenvalue weighted by molar-refractivity contribution is 0.673. The van der Waals surface area contributed by atoms with E-state index in [0.29, 0.717) is 34.9 Å². The molecular formula is C138H86N10O2. The molecule has 0 spiro atoms. The molecule has 0 fully saturated rings. The van der Waals surface area contributed by atoms with Crippen molar-refractivity contribution in [1.29, 1.82) is 0 Å². The Morgan fingerprint density at radius 2 is 0.347 bits per heavy atom. The van der Waals surface area contributed by atoms with Gasteiger partial charge in [-0.2, -0.15) is 0 Å². The van der Waals surface area contributed by atoms with Gasteiger partial charge in [0.05, 0.1) is 44.1 Å². The number of hydrogen-bond acceptors (Lipinski definition) is 8. The predicted molar refractivity (Wildman–Crippen MR) is 617 cm³/mol. The maximum atomic E-state index is 7.41. The quantitative estimate of drug-likeness (QED) is 0.0937. The van der Waals surface area contributed by atoms with Crippen molar-refractivity contribution in [2.75, 3.05) is 0 Å². The predicted octanol–water partition coefficient (Wildman–Crippen LogP) is 35.9. The van der Waals surface area contributed by atoms with Crippen LogP contribution in [0.15, 0.2) is 531 Å². The van der Waals surface area contributed by atoms with Crippen LogP contribution in [0.1, 0.15) is 0 Å². The number of nitrogens with zero attached hydrogens (tertiary/aromatic N) is 10. The van der Waals surface area contributed by atoms with Crippen molar-refractivity contribution in [3.8, 4) is 158 Å². The third kappa shape index (κ3) is 14.7. The van der Waals surface area contributed by atoms with Crippen LogP contribution in [0.25, 0.3) is 289 Å². The van der Waals surface area contributed by atoms with Gasteiger partial charge in [0.15, 0.2) is 57.3 Å². The van der Waals surface area contributed by atoms with E-state index >= 15 is 0 Å². The maximum Gasteiger partial charge on any atom is 0.164 e. The lowest BCUT2D eigenvalue weighted by atomic mass is 9.99. The Kier molecular flexibility index (Phi) is 20.7. The molecule has 0 amide bonds. The first-order valence-electron chi connectivity index (χ1n) is 50.7. The van der Waals surface area contributed by atoms with Gasteiger partial charge in [-0.15, -0.1) is 0 Å². The summed E-state index contributed by atoms with van der Waals surface area (Å²) in [6.45, 7) is 0. The summed E-state index contributed by atoms with van der Waals surface area (Å²) in [5.74, 6) is 3.55. The summed E-state index contributed by atoms with van der Waals surface area (Å²) in [5, 5.41) is 13.4. The van der Waals surface area contributed by atoms with Crippen LogP contribution >= 0.6 is 0 Å². The van der Waals surface area contributed by atoms with E-state index in [1.54, 1.807) is 0 Å². The van der Waals surface area contributed by atoms with Crippen molar-refractivity contribution in [3.05, 3.63) is 522 Å². The highest BCUT2D eigenvalue weighted by molar-refractivity contribution is 6.29. The van der Waals surface area contributed by atoms with Crippen LogP contribution in [0.3, 0.4) is 0 Å². The number of aromatic nitrogens is 10. The SMILES string of the molecule is c1ccc(-c2ccc(-c3nc(-c4cccc(-c5ccccc5)c4)nc(-c4cccc(-n5c6ccccc6c6ccc7c8ccc9c%10ccccc%10n(-c%10ccc(-c%11ccccc%11)cc%10)c9c8oc7c65)c4)n3)cc2)cc1.c1ccc(-c2ccc(-c3nc(-c4cccc(-n5c6ccccc6c6ccc7c8ccc9c%10ccccc%10n(-c%10ccc(-c%11ccccc%11)cc%10)c9c8oc7c65)c4)nc(-c4ccccc4-c4ccccc4)n3)cc2)cc1. The van der Waals surface area contributed by atoms with E-state index in [1.807, 2.05) is 24.3 Å². The minimum absolute atomic E-state index is 0.577. The number of furan rings is 2. The molecule has 0 atom stereocenters. The zero-order valence-electron chi connectivity index (χ0n) is 80.9. The Morgan fingerprint density at radius 1 is 0.127 bits per heavy atom. The van der Waals surface area contributed by atoms with Crippen molar-refractivity contribution in [2.24, 2.45) is 0 Å². The van der Waals surface area contributed by atoms with Crippen molar-refractivity contribution in [1.82, 2.24) is 48.2 Å². The van der Waals surface area contributed by atoms with Gasteiger partial charge in [-0.1, -0.05) is 419 Å². The number of hydrogen-bond donors (Lipinski definition) is 0. The van der Waals surface area contributed by atoms with Gasteiger partial charge < -0.3 is 27.1 Å². The van der Waals surface area contributed by atoms with Crippen LogP contribution in [0.4, 0.5) is 0 Å². The largest absolute Gasteiger partial charge is 0.452 e. The Morgan fingerprint density at radius 3 is 0.680 bits per heavy atom. The fourth-order valence-corrected chi connectivity index (χ4v) is 22.5. The molecule has 0 aliphatic rings. The van der Waals surface area contributed by atoms with Gasteiger partial charge in [0.25, 0.3) is 0 Å². The number of para-hydroxylation sites is 4. The van der Waals surface area contributed by atoms with E-state index in [4.69, 9.17) is 38.7 Å². The molecule has 0 unspecified atom stereocenters. The fraction of sp³-hybridized carbons (Fsp3) is 0. The van der Waals surface area contributed by atoms with Gasteiger partial charge in [-0.25, -0.2) is 29.9 Å². The second kappa shape index (κ2) is 35.9. The molecule has 12 heteroatoms. The highest BCUT2D eigenvalue weighted by Crippen LogP contribution is 2.50. The molecule has 30 rings (SSSR count). The molecule has 0 aliphatic carbocycles. The smallest absolute Gasteiger partial charge is 0.164 e. The zero-order valence-corrected chi connectivity index (χ0v) is 80.9. The molecule has 150 heavy (non-hydrogen) atoms. The lowest BCUT2D eigenvalue weighted by Gasteiger charge is -2.13. The Hall–Kier alpha value is -20.3. The lowest BCUT2D eigenvalue weighted by Crippen LogP contribution is -2.02. The van der Waals surface area contributed by atoms with Gasteiger partial charge in [-0.3, -0.25) is 0 Å². The van der Waals surface area contributed by atoms with E-state index in [2.05, 4.69) is 516 Å². The van der Waals surface area contributed by atoms with Gasteiger partial charge in [0, 0.05) is 121 Å². The highest BCUT2D eigenvalue weighted by atomic mass is 16.3. The molecule has 700 valence electrons. The first-order chi connectivity index (χ1) is 74.4. The van der Waals surface area contributed by atoms with E-state index in [-0.39, 0.29) is 0 Å². The minimum Gasteiger partial charge on any atom is -0.452 e. The summed E-state index contributed by atoms with van der Waals surface area (Å²) in [4.78, 5) is 31.5. The molecule has 0 saturated carbocycles. The summed E-state index contributed by atoms with van der Waals surface area (Å²) in [6, 6.07) is 184. The van der Waals surface area contributed by atoms with Crippen molar-refractivity contribution in [2.45, 2.75) is 0 Å². The van der Waals surface area contributed by atoms with E-state index < -0.39 is 0 Å². The van der Waals surface area contributed by atoms with Crippen molar-refractivity contribution in [3.63, 3.8) is 0 Å². The van der Waals surface area contributed by atoms with Crippen LogP contribution in [0.5, 0.6) is 0 Å². The molecule has 0 N–H and O–H groups in total. The molecule has 8 aromatic heterocycles. The molecule has 0 bridgehead atoms. The maximum absolute atomic E-state index is 7.41. The van der Waals surface area contributed by atoms with Crippen LogP contribution in [-0.2, 0) is 0 Å². The van der Waals surface area contributed by atoms with Crippen molar-refractivity contribution < 1.29 is 8.83 Å². The zero-order chi connectivity index (χ0) is 98.8. The highest BCUT2D eigenvalue weighted by Gasteiger charge is 2.29. The molecule has 12 nitrogen and oxygen atoms in total. The van der Waals surface area contributed by atoms with E-state index in [1.165, 1.54) is 33.0 Å². The third-order valence-electron chi connectivity index (χ3n) is 29.6. The minimum atomic E-state index is 0.577. The molecular weight excluding hydrogens is 1830 g/mol. The van der Waals surface area contributed by atoms with Crippen LogP contribution in [-0.4, -0.2) is 48.2 Å². The fourth-order valence-electron chi connectivity index (χ4n) is 22.5. The topological polar surface area (TPSA) is 123 Å². The standard InChI is InChI=1S/2C69H43N5O/c1-4-16-44(17-5-1)47-30-32-49(33-31-47)67-70-68(51-23-14-22-50(42-51)46-20-8-3-9-21-46)72-69(71-67)52-24-15-25-54(43-52)74-62-29-13-11-27-56(62)58-39-41-60-59-40-38-57-55-26-10-12-28-61(55)73(63(57)65(59)75-66(60)64(58)74)53-36-34-48(35-37-53)45-18-6-2-7-19-45;1-4-17-44(18-5-1)46-31-33-49(34-32-46)67-70-68(72-69(71-67)60-28-11-10-25-53(60)48-21-8-3-9-22-48)50-23-16-24-52(43-50)74-62-30-15-13-27-55(62)57-40-42-59-58-41-39-56-54-26-12-14-29-61(54)73(63(56)65(58)75-66(59)64(57)74)51-37-35-47(36-38-51)45-19-6-2-7-20-45/h2*1-43H. The van der Waals surface area contributed by atoms with Crippen LogP contribution < -0.4 is 0 Å². The third-order valence-corrected chi connectivity index (χ3v) is 29.6. The first kappa shape index (κ1) is 86.3. The number of benzene rings is 22. The molecule has 30 aromatic rings. The summed E-state index contributed by atoms with van der Waals surface area (Å²) >= 11 is 0. The van der Waals surface area contributed by atoms with Gasteiger partial charge in [-0.05, 0) is 170 Å². The molecule has 0 aliphatic heterocycles. The Balaban J connectivity index is 0.000000141. The molecule has 22 aromatic carbocycles. The Labute approximate surface area is 861 Å². The van der Waals surface area contributed by atoms with Gasteiger partial charge >= 0.3 is 0 Å². The first-order valence-corrected chi connectivity index (χ1v) is 50.7. The van der Waals surface area contributed by atoms with Crippen LogP contribution in [0, 0.1) is 0 Å². The second-order valence-corrected chi connectivity index (χ2v) is 38.3. The number of rotatable bonds is 16. The van der Waals surface area contributed by atoms with Gasteiger partial charge in [0.2, 0.25) is 0 Å². The Bertz CT molecular complexity index is 10500. The average molecular weight is 1920 g/mol. The van der Waals surface area contributed by atoms with E-state index in [0.717, 1.165) is 221 Å². The number of fused-ring (bicyclic) bond motifs is 22. The second-order valence-electron chi connectivity index (χ2n) is 38.3. The summed E-state index contributed by atoms with van der Waals surface area (Å²) < 4.78 is 24.3. The summed E-state index contributed by atoms with van der Waals surface area (Å²) in [6.07, 6.45) is 0. The van der Waals surface area contributed by atoms with Crippen molar-refractivity contribution >= 4 is 131 Å². The van der Waals surface area contributed by atoms with Gasteiger partial charge in [0.1, 0.15) is 0 Å². The molecule has 0 radical (unpaired) electrons.